The minimum absolute atomic E-state index is 0.0687. The first-order valence-corrected chi connectivity index (χ1v) is 5.49. The lowest BCUT2D eigenvalue weighted by Crippen LogP contribution is -2.22. The Morgan fingerprint density at radius 3 is 2.27 bits per heavy atom. The molecule has 3 nitrogen and oxygen atoms in total. The smallest absolute Gasteiger partial charge is 0.191 e. The molecule has 4 N–H and O–H groups in total. The third kappa shape index (κ3) is 3.23. The standard InChI is InChI=1S/C11H16BrN3/c1-11(2,3)7-4-5-9(8(12)6-7)15-10(13)14/h4-6H,1-3H3,(H4,13,14,15). The van der Waals surface area contributed by atoms with Gasteiger partial charge in [-0.2, -0.15) is 0 Å². The molecule has 0 saturated heterocycles. The Balaban J connectivity index is 3.15. The van der Waals surface area contributed by atoms with Crippen molar-refractivity contribution in [3.05, 3.63) is 28.2 Å². The number of nitrogens with zero attached hydrogens (tertiary/aromatic N) is 1. The van der Waals surface area contributed by atoms with Gasteiger partial charge in [0.25, 0.3) is 0 Å². The molecule has 0 amide bonds. The highest BCUT2D eigenvalue weighted by atomic mass is 79.9. The average molecular weight is 270 g/mol. The van der Waals surface area contributed by atoms with Crippen molar-refractivity contribution in [2.45, 2.75) is 26.2 Å². The van der Waals surface area contributed by atoms with Gasteiger partial charge in [0.05, 0.1) is 5.69 Å². The molecule has 0 fully saturated rings. The molecule has 15 heavy (non-hydrogen) atoms. The number of hydrogen-bond donors (Lipinski definition) is 2. The molecule has 0 aromatic heterocycles. The van der Waals surface area contributed by atoms with E-state index in [1.807, 2.05) is 18.2 Å². The molecule has 0 atom stereocenters. The number of hydrogen-bond acceptors (Lipinski definition) is 1. The number of nitrogens with two attached hydrogens (primary N) is 2. The van der Waals surface area contributed by atoms with Crippen molar-refractivity contribution in [3.8, 4) is 0 Å². The Morgan fingerprint density at radius 2 is 1.87 bits per heavy atom. The maximum Gasteiger partial charge on any atom is 0.191 e. The minimum Gasteiger partial charge on any atom is -0.370 e. The van der Waals surface area contributed by atoms with Crippen LogP contribution in [0.1, 0.15) is 26.3 Å². The molecule has 4 heteroatoms. The van der Waals surface area contributed by atoms with Crippen LogP contribution in [0.25, 0.3) is 0 Å². The van der Waals surface area contributed by atoms with Crippen LogP contribution in [0.4, 0.5) is 5.69 Å². The summed E-state index contributed by atoms with van der Waals surface area (Å²) in [5.41, 5.74) is 12.8. The molecule has 82 valence electrons. The third-order valence-corrected chi connectivity index (χ3v) is 2.70. The fourth-order valence-electron chi connectivity index (χ4n) is 1.20. The van der Waals surface area contributed by atoms with E-state index < -0.39 is 0 Å². The Labute approximate surface area is 98.7 Å². The van der Waals surface area contributed by atoms with Crippen LogP contribution in [-0.4, -0.2) is 5.96 Å². The molecule has 0 saturated carbocycles. The predicted molar refractivity (Wildman–Crippen MR) is 68.3 cm³/mol. The van der Waals surface area contributed by atoms with E-state index in [1.54, 1.807) is 0 Å². The summed E-state index contributed by atoms with van der Waals surface area (Å²) >= 11 is 3.45. The normalized spacial score (nSPS) is 11.2. The van der Waals surface area contributed by atoms with Gasteiger partial charge >= 0.3 is 0 Å². The van der Waals surface area contributed by atoms with Gasteiger partial charge in [-0.15, -0.1) is 0 Å². The summed E-state index contributed by atoms with van der Waals surface area (Å²) in [6.45, 7) is 6.49. The maximum atomic E-state index is 5.32. The van der Waals surface area contributed by atoms with Crippen LogP contribution in [0.15, 0.2) is 27.7 Å². The Kier molecular flexibility index (Phi) is 3.39. The molecular formula is C11H16BrN3. The summed E-state index contributed by atoms with van der Waals surface area (Å²) in [4.78, 5) is 4.01. The summed E-state index contributed by atoms with van der Waals surface area (Å²) < 4.78 is 0.906. The predicted octanol–water partition coefficient (Wildman–Crippen LogP) is 2.65. The summed E-state index contributed by atoms with van der Waals surface area (Å²) in [6, 6.07) is 5.98. The zero-order chi connectivity index (χ0) is 11.6. The van der Waals surface area contributed by atoms with Gasteiger partial charge in [-0.3, -0.25) is 0 Å². The third-order valence-electron chi connectivity index (χ3n) is 2.06. The summed E-state index contributed by atoms with van der Waals surface area (Å²) in [5.74, 6) is 0.0687. The lowest BCUT2D eigenvalue weighted by atomic mass is 9.87. The van der Waals surface area contributed by atoms with E-state index in [0.29, 0.717) is 0 Å². The zero-order valence-electron chi connectivity index (χ0n) is 9.21. The van der Waals surface area contributed by atoms with Crippen molar-refractivity contribution in [1.82, 2.24) is 0 Å². The maximum absolute atomic E-state index is 5.32. The molecule has 1 aromatic rings. The van der Waals surface area contributed by atoms with E-state index >= 15 is 0 Å². The molecule has 0 aliphatic carbocycles. The fourth-order valence-corrected chi connectivity index (χ4v) is 1.67. The van der Waals surface area contributed by atoms with Crippen molar-refractivity contribution < 1.29 is 0 Å². The Bertz CT molecular complexity index is 387. The zero-order valence-corrected chi connectivity index (χ0v) is 10.8. The van der Waals surface area contributed by atoms with Gasteiger partial charge in [0.1, 0.15) is 0 Å². The van der Waals surface area contributed by atoms with Crippen LogP contribution < -0.4 is 11.5 Å². The van der Waals surface area contributed by atoms with Gasteiger partial charge in [-0.1, -0.05) is 26.8 Å². The molecule has 0 aliphatic heterocycles. The molecule has 1 rings (SSSR count). The lowest BCUT2D eigenvalue weighted by Gasteiger charge is -2.19. The van der Waals surface area contributed by atoms with Gasteiger partial charge in [0, 0.05) is 4.47 Å². The second-order valence-corrected chi connectivity index (χ2v) is 5.31. The molecule has 0 aliphatic rings. The molecular weight excluding hydrogens is 254 g/mol. The van der Waals surface area contributed by atoms with E-state index in [2.05, 4.69) is 41.7 Å². The monoisotopic (exact) mass is 269 g/mol. The van der Waals surface area contributed by atoms with Crippen molar-refractivity contribution in [3.63, 3.8) is 0 Å². The van der Waals surface area contributed by atoms with Gasteiger partial charge in [-0.05, 0) is 39.0 Å². The van der Waals surface area contributed by atoms with Crippen LogP contribution >= 0.6 is 15.9 Å². The molecule has 0 unspecified atom stereocenters. The van der Waals surface area contributed by atoms with Crippen LogP contribution in [0.2, 0.25) is 0 Å². The Hall–Kier alpha value is -1.03. The highest BCUT2D eigenvalue weighted by Crippen LogP contribution is 2.31. The number of halogens is 1. The highest BCUT2D eigenvalue weighted by molar-refractivity contribution is 9.10. The van der Waals surface area contributed by atoms with E-state index in [4.69, 9.17) is 11.5 Å². The van der Waals surface area contributed by atoms with Crippen molar-refractivity contribution in [1.29, 1.82) is 0 Å². The topological polar surface area (TPSA) is 64.4 Å². The average Bonchev–Trinajstić information content (AvgIpc) is 2.05. The number of aliphatic imine (C=N–C) groups is 1. The van der Waals surface area contributed by atoms with Crippen LogP contribution in [-0.2, 0) is 5.41 Å². The van der Waals surface area contributed by atoms with E-state index in [0.717, 1.165) is 10.2 Å². The first kappa shape index (κ1) is 12.0. The summed E-state index contributed by atoms with van der Waals surface area (Å²) in [6.07, 6.45) is 0. The van der Waals surface area contributed by atoms with Crippen molar-refractivity contribution in [2.24, 2.45) is 16.5 Å². The molecule has 0 bridgehead atoms. The van der Waals surface area contributed by atoms with E-state index in [9.17, 15) is 0 Å². The summed E-state index contributed by atoms with van der Waals surface area (Å²) in [5, 5.41) is 0. The number of guanidine groups is 1. The van der Waals surface area contributed by atoms with Crippen molar-refractivity contribution in [2.75, 3.05) is 0 Å². The second kappa shape index (κ2) is 4.23. The van der Waals surface area contributed by atoms with Gasteiger partial charge in [-0.25, -0.2) is 4.99 Å². The van der Waals surface area contributed by atoms with Crippen LogP contribution in [0, 0.1) is 0 Å². The van der Waals surface area contributed by atoms with Crippen LogP contribution in [0.5, 0.6) is 0 Å². The molecule has 1 aromatic carbocycles. The Morgan fingerprint density at radius 1 is 1.27 bits per heavy atom. The van der Waals surface area contributed by atoms with Gasteiger partial charge in [0.15, 0.2) is 5.96 Å². The van der Waals surface area contributed by atoms with E-state index in [-0.39, 0.29) is 11.4 Å². The van der Waals surface area contributed by atoms with Crippen LogP contribution in [0.3, 0.4) is 0 Å². The SMILES string of the molecule is CC(C)(C)c1ccc(N=C(N)N)c(Br)c1. The number of benzene rings is 1. The lowest BCUT2D eigenvalue weighted by molar-refractivity contribution is 0.590. The fraction of sp³-hybridized carbons (Fsp3) is 0.364. The minimum atomic E-state index is 0.0687. The molecule has 0 spiro atoms. The first-order chi connectivity index (χ1) is 6.80. The molecule has 0 heterocycles. The van der Waals surface area contributed by atoms with Crippen molar-refractivity contribution >= 4 is 27.6 Å². The number of rotatable bonds is 1. The quantitative estimate of drug-likeness (QED) is 0.608. The van der Waals surface area contributed by atoms with Gasteiger partial charge in [0.2, 0.25) is 0 Å². The molecule has 0 radical (unpaired) electrons. The first-order valence-electron chi connectivity index (χ1n) is 4.70. The second-order valence-electron chi connectivity index (χ2n) is 4.45. The van der Waals surface area contributed by atoms with Gasteiger partial charge < -0.3 is 11.5 Å². The highest BCUT2D eigenvalue weighted by Gasteiger charge is 2.14. The summed E-state index contributed by atoms with van der Waals surface area (Å²) in [7, 11) is 0. The van der Waals surface area contributed by atoms with E-state index in [1.165, 1.54) is 5.56 Å². The largest absolute Gasteiger partial charge is 0.370 e.